The van der Waals surface area contributed by atoms with E-state index in [0.717, 1.165) is 87.1 Å². The molecule has 0 saturated carbocycles. The van der Waals surface area contributed by atoms with Crippen molar-refractivity contribution in [2.45, 2.75) is 40.0 Å². The number of hydrazone groups is 1. The molecule has 0 spiro atoms. The van der Waals surface area contributed by atoms with Gasteiger partial charge in [0.1, 0.15) is 5.69 Å². The molecule has 3 aromatic rings. The highest BCUT2D eigenvalue weighted by Crippen LogP contribution is 2.27. The van der Waals surface area contributed by atoms with Gasteiger partial charge < -0.3 is 20.9 Å². The van der Waals surface area contributed by atoms with Crippen LogP contribution in [-0.4, -0.2) is 84.4 Å². The number of nitrogens with zero attached hydrogens (tertiary/aromatic N) is 5. The van der Waals surface area contributed by atoms with Crippen molar-refractivity contribution >= 4 is 29.0 Å². The van der Waals surface area contributed by atoms with Crippen LogP contribution in [0, 0.1) is 5.82 Å². The molecule has 1 saturated heterocycles. The molecule has 0 unspecified atom stereocenters. The smallest absolute Gasteiger partial charge is 0.323 e. The van der Waals surface area contributed by atoms with Crippen molar-refractivity contribution in [1.29, 1.82) is 0 Å². The van der Waals surface area contributed by atoms with Crippen LogP contribution in [0.3, 0.4) is 0 Å². The lowest BCUT2D eigenvalue weighted by Crippen LogP contribution is -2.46. The second-order valence-electron chi connectivity index (χ2n) is 12.5. The number of likely N-dealkylation sites (N-methyl/N-ethyl adjacent to an activating group) is 2. The van der Waals surface area contributed by atoms with Crippen LogP contribution in [0.2, 0.25) is 5.02 Å². The first-order chi connectivity index (χ1) is 24.3. The fourth-order valence-corrected chi connectivity index (χ4v) is 6.24. The van der Waals surface area contributed by atoms with Crippen LogP contribution >= 0.6 is 11.6 Å². The van der Waals surface area contributed by atoms with E-state index in [0.29, 0.717) is 18.0 Å². The van der Waals surface area contributed by atoms with Crippen LogP contribution < -0.4 is 16.0 Å². The van der Waals surface area contributed by atoms with Gasteiger partial charge in [0.25, 0.3) is 0 Å². The third-order valence-corrected chi connectivity index (χ3v) is 9.05. The average molecular weight is 699 g/mol. The second kappa shape index (κ2) is 17.9. The maximum atomic E-state index is 14.3. The zero-order chi connectivity index (χ0) is 35.5. The van der Waals surface area contributed by atoms with Crippen LogP contribution in [0.5, 0.6) is 0 Å². The Labute approximate surface area is 300 Å². The number of aromatic nitrogens is 1. The third-order valence-electron chi connectivity index (χ3n) is 8.77. The summed E-state index contributed by atoms with van der Waals surface area (Å²) in [6.07, 6.45) is 11.0. The van der Waals surface area contributed by atoms with Gasteiger partial charge in [0.05, 0.1) is 28.3 Å². The number of hydrogen-bond donors (Lipinski definition) is 3. The number of anilines is 1. The molecule has 264 valence electrons. The summed E-state index contributed by atoms with van der Waals surface area (Å²) in [5.41, 5.74) is 7.46. The molecular weight excluding hydrogens is 651 g/mol. The third kappa shape index (κ3) is 9.80. The van der Waals surface area contributed by atoms with Gasteiger partial charge >= 0.3 is 6.03 Å². The Bertz CT molecular complexity index is 1720. The Morgan fingerprint density at radius 2 is 1.72 bits per heavy atom. The number of benzene rings is 2. The predicted molar refractivity (Wildman–Crippen MR) is 203 cm³/mol. The average Bonchev–Trinajstić information content (AvgIpc) is 3.12. The van der Waals surface area contributed by atoms with E-state index in [2.05, 4.69) is 87.2 Å². The van der Waals surface area contributed by atoms with Gasteiger partial charge in [0.15, 0.2) is 5.82 Å². The number of urea groups is 1. The van der Waals surface area contributed by atoms with E-state index in [1.807, 2.05) is 43.1 Å². The van der Waals surface area contributed by atoms with Crippen LogP contribution in [0.1, 0.15) is 44.7 Å². The number of hydrogen-bond acceptors (Lipinski definition) is 7. The number of carbonyl (C=O) groups excluding carboxylic acids is 1. The minimum atomic E-state index is -0.719. The topological polar surface area (TPSA) is 88.1 Å². The number of rotatable bonds is 13. The lowest BCUT2D eigenvalue weighted by atomic mass is 9.98. The lowest BCUT2D eigenvalue weighted by molar-refractivity contribution is 0.155. The van der Waals surface area contributed by atoms with E-state index < -0.39 is 11.8 Å². The first-order valence-corrected chi connectivity index (χ1v) is 17.8. The van der Waals surface area contributed by atoms with Gasteiger partial charge in [-0.25, -0.2) is 9.18 Å². The summed E-state index contributed by atoms with van der Waals surface area (Å²) in [5, 5.41) is 15.9. The first-order valence-electron chi connectivity index (χ1n) is 17.5. The number of pyridine rings is 1. The number of allylic oxidation sites excluding steroid dienone is 4. The van der Waals surface area contributed by atoms with Gasteiger partial charge in [0.2, 0.25) is 0 Å². The number of nitrogens with one attached hydrogen (secondary N) is 3. The van der Waals surface area contributed by atoms with Crippen molar-refractivity contribution in [1.82, 2.24) is 30.4 Å². The molecular formula is C39H48ClFN8O. The highest BCUT2D eigenvalue weighted by atomic mass is 35.5. The van der Waals surface area contributed by atoms with E-state index in [1.54, 1.807) is 0 Å². The van der Waals surface area contributed by atoms with E-state index in [4.69, 9.17) is 16.7 Å². The first kappa shape index (κ1) is 36.8. The fourth-order valence-electron chi connectivity index (χ4n) is 6.04. The summed E-state index contributed by atoms with van der Waals surface area (Å²) in [5.74, 6) is -0.719. The molecule has 11 heteroatoms. The lowest BCUT2D eigenvalue weighted by Gasteiger charge is -2.32. The van der Waals surface area contributed by atoms with Crippen LogP contribution in [0.25, 0.3) is 11.1 Å². The van der Waals surface area contributed by atoms with E-state index in [9.17, 15) is 9.18 Å². The molecule has 0 atom stereocenters. The summed E-state index contributed by atoms with van der Waals surface area (Å²) in [4.78, 5) is 21.7. The Balaban J connectivity index is 1.29. The van der Waals surface area contributed by atoms with Gasteiger partial charge in [0, 0.05) is 69.7 Å². The molecule has 3 N–H and O–H groups in total. The number of carbonyl (C=O) groups is 1. The second-order valence-corrected chi connectivity index (χ2v) is 12.9. The Morgan fingerprint density at radius 1 is 0.960 bits per heavy atom. The van der Waals surface area contributed by atoms with E-state index >= 15 is 0 Å². The van der Waals surface area contributed by atoms with Gasteiger partial charge in [-0.05, 0) is 55.6 Å². The largest absolute Gasteiger partial charge is 0.387 e. The van der Waals surface area contributed by atoms with Gasteiger partial charge in [-0.2, -0.15) is 5.10 Å². The number of piperazine rings is 1. The SMILES string of the molecule is CC/C=C(\Cc1ccc(-c2cccc(C3=NN(CC)/C(=C/CC)C(NC(=O)Nc4c(F)cncc4Cl)=C3)c2)cc1)NCCN1CCN(C)CC1. The molecule has 0 bridgehead atoms. The van der Waals surface area contributed by atoms with Crippen LogP contribution in [0.15, 0.2) is 101 Å². The quantitative estimate of drug-likeness (QED) is 0.174. The Morgan fingerprint density at radius 3 is 2.42 bits per heavy atom. The fraction of sp³-hybridized carbons (Fsp3) is 0.359. The minimum Gasteiger partial charge on any atom is -0.387 e. The number of amides is 2. The summed E-state index contributed by atoms with van der Waals surface area (Å²) >= 11 is 6.09. The van der Waals surface area contributed by atoms with Crippen molar-refractivity contribution in [2.24, 2.45) is 5.10 Å². The van der Waals surface area contributed by atoms with Crippen LogP contribution in [-0.2, 0) is 6.42 Å². The molecule has 2 amide bonds. The van der Waals surface area contributed by atoms with Crippen molar-refractivity contribution in [3.05, 3.63) is 118 Å². The maximum absolute atomic E-state index is 14.3. The monoisotopic (exact) mass is 698 g/mol. The summed E-state index contributed by atoms with van der Waals surface area (Å²) in [6, 6.07) is 16.3. The van der Waals surface area contributed by atoms with Crippen LogP contribution in [0.4, 0.5) is 14.9 Å². The molecule has 1 aromatic heterocycles. The normalized spacial score (nSPS) is 16.6. The molecule has 2 aromatic carbocycles. The summed E-state index contributed by atoms with van der Waals surface area (Å²) in [7, 11) is 2.19. The molecule has 50 heavy (non-hydrogen) atoms. The molecule has 0 radical (unpaired) electrons. The molecule has 3 heterocycles. The van der Waals surface area contributed by atoms with Crippen molar-refractivity contribution in [3.8, 4) is 11.1 Å². The minimum absolute atomic E-state index is 0.00984. The van der Waals surface area contributed by atoms with Gasteiger partial charge in [-0.15, -0.1) is 0 Å². The predicted octanol–water partition coefficient (Wildman–Crippen LogP) is 7.25. The number of halogens is 2. The Hall–Kier alpha value is -4.51. The summed E-state index contributed by atoms with van der Waals surface area (Å²) < 4.78 is 14.3. The zero-order valence-electron chi connectivity index (χ0n) is 29.5. The molecule has 1 fully saturated rings. The van der Waals surface area contributed by atoms with E-state index in [1.165, 1.54) is 17.5 Å². The molecule has 2 aliphatic heterocycles. The maximum Gasteiger partial charge on any atom is 0.323 e. The van der Waals surface area contributed by atoms with Gasteiger partial charge in [-0.3, -0.25) is 14.9 Å². The van der Waals surface area contributed by atoms with Crippen molar-refractivity contribution < 1.29 is 9.18 Å². The molecule has 2 aliphatic rings. The van der Waals surface area contributed by atoms with Crippen molar-refractivity contribution in [3.63, 3.8) is 0 Å². The molecule has 0 aliphatic carbocycles. The standard InChI is InChI=1S/C39H48ClFN8O/c1-5-9-32(43-17-18-48-21-19-47(4)20-22-48)23-28-13-15-29(16-14-28)30-11-8-12-31(24-30)35-25-36(37(10-6-2)49(7-3)46-35)44-39(50)45-38-33(40)26-42-27-34(38)41/h8-16,24-27,43H,5-7,17-23H2,1-4H3,(H2,42,44,45,50)/b32-9+,37-10+. The van der Waals surface area contributed by atoms with E-state index in [-0.39, 0.29) is 10.7 Å². The zero-order valence-corrected chi connectivity index (χ0v) is 30.2. The van der Waals surface area contributed by atoms with Gasteiger partial charge in [-0.1, -0.05) is 80.1 Å². The summed E-state index contributed by atoms with van der Waals surface area (Å²) in [6.45, 7) is 13.3. The Kier molecular flexibility index (Phi) is 13.2. The highest BCUT2D eigenvalue weighted by Gasteiger charge is 2.22. The highest BCUT2D eigenvalue weighted by molar-refractivity contribution is 6.33. The van der Waals surface area contributed by atoms with Crippen molar-refractivity contribution in [2.75, 3.05) is 58.2 Å². The molecule has 5 rings (SSSR count). The molecule has 9 nitrogen and oxygen atoms in total.